The van der Waals surface area contributed by atoms with Crippen LogP contribution in [0.1, 0.15) is 45.6 Å². The predicted molar refractivity (Wildman–Crippen MR) is 127 cm³/mol. The molecule has 0 radical (unpaired) electrons. The molecular formula is C23H34N4O2S. The summed E-state index contributed by atoms with van der Waals surface area (Å²) in [5.74, 6) is 0.808. The predicted octanol–water partition coefficient (Wildman–Crippen LogP) is 3.50. The number of benzene rings is 1. The van der Waals surface area contributed by atoms with Crippen molar-refractivity contribution in [1.82, 2.24) is 20.1 Å². The Bertz CT molecular complexity index is 908. The maximum atomic E-state index is 12.8. The highest BCUT2D eigenvalue weighted by molar-refractivity contribution is 7.80. The minimum absolute atomic E-state index is 0.0656. The van der Waals surface area contributed by atoms with Gasteiger partial charge in [0.15, 0.2) is 5.11 Å². The minimum Gasteiger partial charge on any atom is -0.494 e. The molecule has 1 saturated heterocycles. The first kappa shape index (κ1) is 22.6. The molecule has 6 nitrogen and oxygen atoms in total. The zero-order chi connectivity index (χ0) is 21.5. The SMILES string of the molecule is CCOc1ccc2[nH]c(=O)c(CN(CCN3CCCC3)C(=S)NC(C)CC)cc2c1. The average Bonchev–Trinajstić information content (AvgIpc) is 3.25. The lowest BCUT2D eigenvalue weighted by molar-refractivity contribution is 0.284. The smallest absolute Gasteiger partial charge is 0.253 e. The number of H-pyrrole nitrogens is 1. The molecule has 2 heterocycles. The number of aromatic nitrogens is 1. The fourth-order valence-electron chi connectivity index (χ4n) is 3.73. The third-order valence-electron chi connectivity index (χ3n) is 5.72. The number of nitrogens with one attached hydrogen (secondary N) is 2. The van der Waals surface area contributed by atoms with Crippen molar-refractivity contribution < 1.29 is 4.74 Å². The molecule has 2 N–H and O–H groups in total. The summed E-state index contributed by atoms with van der Waals surface area (Å²) < 4.78 is 5.62. The number of aromatic amines is 1. The Morgan fingerprint density at radius 3 is 2.77 bits per heavy atom. The molecule has 1 aromatic heterocycles. The number of nitrogens with zero attached hydrogens (tertiary/aromatic N) is 2. The van der Waals surface area contributed by atoms with E-state index in [1.807, 2.05) is 31.2 Å². The Labute approximate surface area is 184 Å². The lowest BCUT2D eigenvalue weighted by atomic mass is 10.1. The van der Waals surface area contributed by atoms with Crippen LogP contribution in [0.2, 0.25) is 0 Å². The van der Waals surface area contributed by atoms with Gasteiger partial charge >= 0.3 is 0 Å². The third-order valence-corrected chi connectivity index (χ3v) is 6.10. The monoisotopic (exact) mass is 430 g/mol. The van der Waals surface area contributed by atoms with Crippen LogP contribution in [0.25, 0.3) is 10.9 Å². The molecule has 1 fully saturated rings. The third kappa shape index (κ3) is 5.95. The molecule has 2 aromatic rings. The lowest BCUT2D eigenvalue weighted by Gasteiger charge is -2.29. The van der Waals surface area contributed by atoms with Gasteiger partial charge in [-0.15, -0.1) is 0 Å². The van der Waals surface area contributed by atoms with Crippen LogP contribution in [0.15, 0.2) is 29.1 Å². The van der Waals surface area contributed by atoms with E-state index in [4.69, 9.17) is 17.0 Å². The Morgan fingerprint density at radius 2 is 2.07 bits per heavy atom. The van der Waals surface area contributed by atoms with E-state index in [-0.39, 0.29) is 5.56 Å². The van der Waals surface area contributed by atoms with Gasteiger partial charge in [0.2, 0.25) is 0 Å². The van der Waals surface area contributed by atoms with E-state index in [9.17, 15) is 4.79 Å². The Kier molecular flexibility index (Phi) is 8.10. The highest BCUT2D eigenvalue weighted by Gasteiger charge is 2.18. The van der Waals surface area contributed by atoms with Gasteiger partial charge in [0.05, 0.1) is 13.2 Å². The van der Waals surface area contributed by atoms with E-state index >= 15 is 0 Å². The summed E-state index contributed by atoms with van der Waals surface area (Å²) in [5.41, 5.74) is 1.46. The van der Waals surface area contributed by atoms with Crippen molar-refractivity contribution in [1.29, 1.82) is 0 Å². The summed E-state index contributed by atoms with van der Waals surface area (Å²) in [6.07, 6.45) is 3.53. The Balaban J connectivity index is 1.81. The average molecular weight is 431 g/mol. The number of pyridine rings is 1. The second-order valence-electron chi connectivity index (χ2n) is 8.03. The van der Waals surface area contributed by atoms with Gasteiger partial charge in [-0.25, -0.2) is 0 Å². The summed E-state index contributed by atoms with van der Waals surface area (Å²) in [7, 11) is 0. The molecule has 3 rings (SSSR count). The highest BCUT2D eigenvalue weighted by Crippen LogP contribution is 2.20. The molecule has 1 aromatic carbocycles. The zero-order valence-corrected chi connectivity index (χ0v) is 19.2. The number of hydrogen-bond acceptors (Lipinski definition) is 4. The van der Waals surface area contributed by atoms with Gasteiger partial charge in [-0.1, -0.05) is 6.92 Å². The number of rotatable bonds is 9. The first-order valence-corrected chi connectivity index (χ1v) is 11.5. The van der Waals surface area contributed by atoms with Crippen molar-refractivity contribution >= 4 is 28.2 Å². The summed E-state index contributed by atoms with van der Waals surface area (Å²) in [6, 6.07) is 8.02. The van der Waals surface area contributed by atoms with Gasteiger partial charge in [-0.2, -0.15) is 0 Å². The van der Waals surface area contributed by atoms with Crippen LogP contribution in [-0.4, -0.2) is 58.7 Å². The molecule has 0 aliphatic carbocycles. The molecule has 30 heavy (non-hydrogen) atoms. The number of hydrogen-bond donors (Lipinski definition) is 2. The van der Waals surface area contributed by atoms with Gasteiger partial charge in [0.1, 0.15) is 5.75 Å². The number of ether oxygens (including phenoxy) is 1. The van der Waals surface area contributed by atoms with Crippen molar-refractivity contribution in [3.63, 3.8) is 0 Å². The molecule has 1 atom stereocenters. The Hall–Kier alpha value is -2.12. The molecule has 0 amide bonds. The van der Waals surface area contributed by atoms with E-state index < -0.39 is 0 Å². The number of fused-ring (bicyclic) bond motifs is 1. The van der Waals surface area contributed by atoms with Crippen LogP contribution < -0.4 is 15.6 Å². The normalized spacial score (nSPS) is 15.3. The Morgan fingerprint density at radius 1 is 1.30 bits per heavy atom. The molecule has 0 bridgehead atoms. The summed E-state index contributed by atoms with van der Waals surface area (Å²) in [6.45, 7) is 11.4. The zero-order valence-electron chi connectivity index (χ0n) is 18.4. The van der Waals surface area contributed by atoms with Gasteiger partial charge in [-0.05, 0) is 82.7 Å². The molecule has 1 aliphatic rings. The van der Waals surface area contributed by atoms with E-state index in [1.54, 1.807) is 0 Å². The second kappa shape index (κ2) is 10.8. The standard InChI is InChI=1S/C23H34N4O2S/c1-4-17(3)24-23(30)27(13-12-26-10-6-7-11-26)16-19-14-18-15-20(29-5-2)8-9-21(18)25-22(19)28/h8-9,14-15,17H,4-7,10-13,16H2,1-3H3,(H,24,30)(H,25,28). The van der Waals surface area contributed by atoms with Gasteiger partial charge in [0, 0.05) is 35.6 Å². The molecule has 0 saturated carbocycles. The number of likely N-dealkylation sites (tertiary alicyclic amines) is 1. The molecule has 164 valence electrons. The summed E-state index contributed by atoms with van der Waals surface area (Å²) in [5, 5.41) is 5.10. The number of thiocarbonyl (C=S) groups is 1. The van der Waals surface area contributed by atoms with Crippen molar-refractivity contribution in [3.05, 3.63) is 40.2 Å². The van der Waals surface area contributed by atoms with Crippen LogP contribution in [0.5, 0.6) is 5.75 Å². The van der Waals surface area contributed by atoms with Gasteiger partial charge in [-0.3, -0.25) is 4.79 Å². The maximum absolute atomic E-state index is 12.8. The van der Waals surface area contributed by atoms with Gasteiger partial charge < -0.3 is 24.8 Å². The second-order valence-corrected chi connectivity index (χ2v) is 8.42. The summed E-state index contributed by atoms with van der Waals surface area (Å²) >= 11 is 5.72. The fraction of sp³-hybridized carbons (Fsp3) is 0.565. The van der Waals surface area contributed by atoms with E-state index in [0.717, 1.165) is 49.3 Å². The fourth-order valence-corrected chi connectivity index (χ4v) is 4.09. The van der Waals surface area contributed by atoms with Crippen molar-refractivity contribution in [3.8, 4) is 5.75 Å². The summed E-state index contributed by atoms with van der Waals surface area (Å²) in [4.78, 5) is 20.4. The quantitative estimate of drug-likeness (QED) is 0.594. The lowest BCUT2D eigenvalue weighted by Crippen LogP contribution is -2.46. The van der Waals surface area contributed by atoms with Crippen molar-refractivity contribution in [2.75, 3.05) is 32.8 Å². The molecule has 7 heteroatoms. The molecule has 1 unspecified atom stereocenters. The van der Waals surface area contributed by atoms with Gasteiger partial charge in [0.25, 0.3) is 5.56 Å². The van der Waals surface area contributed by atoms with E-state index in [0.29, 0.717) is 29.9 Å². The highest BCUT2D eigenvalue weighted by atomic mass is 32.1. The topological polar surface area (TPSA) is 60.6 Å². The van der Waals surface area contributed by atoms with Crippen molar-refractivity contribution in [2.24, 2.45) is 0 Å². The molecule has 1 aliphatic heterocycles. The molecule has 0 spiro atoms. The van der Waals surface area contributed by atoms with Crippen LogP contribution in [-0.2, 0) is 6.54 Å². The first-order valence-electron chi connectivity index (χ1n) is 11.1. The largest absolute Gasteiger partial charge is 0.494 e. The van der Waals surface area contributed by atoms with Crippen LogP contribution in [0, 0.1) is 0 Å². The van der Waals surface area contributed by atoms with Crippen molar-refractivity contribution in [2.45, 2.75) is 52.6 Å². The van der Waals surface area contributed by atoms with E-state index in [2.05, 4.69) is 33.9 Å². The van der Waals surface area contributed by atoms with E-state index in [1.165, 1.54) is 12.8 Å². The van der Waals surface area contributed by atoms with Crippen LogP contribution >= 0.6 is 12.2 Å². The van der Waals surface area contributed by atoms with Crippen LogP contribution in [0.4, 0.5) is 0 Å². The van der Waals surface area contributed by atoms with Crippen LogP contribution in [0.3, 0.4) is 0 Å². The molecular weight excluding hydrogens is 396 g/mol. The minimum atomic E-state index is -0.0656. The first-order chi connectivity index (χ1) is 14.5. The maximum Gasteiger partial charge on any atom is 0.253 e.